The zero-order chi connectivity index (χ0) is 13.6. The molecule has 0 fully saturated rings. The van der Waals surface area contributed by atoms with E-state index in [-0.39, 0.29) is 5.91 Å². The van der Waals surface area contributed by atoms with Gasteiger partial charge in [0.2, 0.25) is 5.91 Å². The molecule has 1 N–H and O–H groups in total. The van der Waals surface area contributed by atoms with Gasteiger partial charge in [0, 0.05) is 6.07 Å². The number of hydrogen-bond donors (Lipinski definition) is 1. The molecule has 5 heteroatoms. The summed E-state index contributed by atoms with van der Waals surface area (Å²) < 4.78 is 4.88. The Kier molecular flexibility index (Phi) is 4.90. The standard InChI is InChI=1S/C13H19N3O2/c1-4-6-13(9-14,7-5-2)12(17)15-11-8-10(3)18-16-11/h8H,4-7H2,1-3H3,(H,15,16,17). The summed E-state index contributed by atoms with van der Waals surface area (Å²) in [5.74, 6) is 0.699. The molecule has 0 saturated heterocycles. The van der Waals surface area contributed by atoms with E-state index in [2.05, 4.69) is 16.5 Å². The van der Waals surface area contributed by atoms with Crippen LogP contribution in [-0.2, 0) is 4.79 Å². The minimum absolute atomic E-state index is 0.290. The molecule has 0 aliphatic rings. The molecule has 0 saturated carbocycles. The maximum Gasteiger partial charge on any atom is 0.246 e. The van der Waals surface area contributed by atoms with Crippen LogP contribution in [0.3, 0.4) is 0 Å². The monoisotopic (exact) mass is 249 g/mol. The van der Waals surface area contributed by atoms with Crippen molar-refractivity contribution in [3.63, 3.8) is 0 Å². The molecule has 0 unspecified atom stereocenters. The fourth-order valence-electron chi connectivity index (χ4n) is 2.03. The number of aryl methyl sites for hydroxylation is 1. The molecule has 0 aliphatic carbocycles. The van der Waals surface area contributed by atoms with Crippen molar-refractivity contribution in [3.8, 4) is 6.07 Å². The first kappa shape index (κ1) is 14.2. The average molecular weight is 249 g/mol. The van der Waals surface area contributed by atoms with Crippen molar-refractivity contribution in [2.75, 3.05) is 5.32 Å². The molecule has 98 valence electrons. The number of hydrogen-bond acceptors (Lipinski definition) is 4. The van der Waals surface area contributed by atoms with Crippen LogP contribution in [0.25, 0.3) is 0 Å². The number of amides is 1. The van der Waals surface area contributed by atoms with Crippen LogP contribution in [0.2, 0.25) is 0 Å². The molecule has 0 bridgehead atoms. The van der Waals surface area contributed by atoms with E-state index in [1.807, 2.05) is 13.8 Å². The maximum absolute atomic E-state index is 12.2. The van der Waals surface area contributed by atoms with E-state index in [0.717, 1.165) is 12.8 Å². The lowest BCUT2D eigenvalue weighted by Gasteiger charge is -2.23. The maximum atomic E-state index is 12.2. The van der Waals surface area contributed by atoms with Crippen molar-refractivity contribution in [1.82, 2.24) is 5.16 Å². The molecule has 0 radical (unpaired) electrons. The lowest BCUT2D eigenvalue weighted by Crippen LogP contribution is -2.35. The third-order valence-electron chi connectivity index (χ3n) is 2.87. The second kappa shape index (κ2) is 6.20. The zero-order valence-electron chi connectivity index (χ0n) is 11.1. The predicted molar refractivity (Wildman–Crippen MR) is 67.7 cm³/mol. The summed E-state index contributed by atoms with van der Waals surface area (Å²) >= 11 is 0. The van der Waals surface area contributed by atoms with Gasteiger partial charge in [-0.2, -0.15) is 5.26 Å². The highest BCUT2D eigenvalue weighted by Crippen LogP contribution is 2.30. The molecule has 1 rings (SSSR count). The normalized spacial score (nSPS) is 11.0. The van der Waals surface area contributed by atoms with E-state index >= 15 is 0 Å². The Morgan fingerprint density at radius 3 is 2.50 bits per heavy atom. The molecule has 0 aromatic carbocycles. The van der Waals surface area contributed by atoms with E-state index in [0.29, 0.717) is 24.4 Å². The zero-order valence-corrected chi connectivity index (χ0v) is 11.1. The summed E-state index contributed by atoms with van der Waals surface area (Å²) in [7, 11) is 0. The number of rotatable bonds is 6. The smallest absolute Gasteiger partial charge is 0.246 e. The van der Waals surface area contributed by atoms with Gasteiger partial charge in [0.25, 0.3) is 0 Å². The summed E-state index contributed by atoms with van der Waals surface area (Å²) in [5, 5.41) is 15.7. The third-order valence-corrected chi connectivity index (χ3v) is 2.87. The minimum atomic E-state index is -0.962. The van der Waals surface area contributed by atoms with Gasteiger partial charge in [0.1, 0.15) is 11.2 Å². The van der Waals surface area contributed by atoms with Crippen LogP contribution in [0.4, 0.5) is 5.82 Å². The Bertz CT molecular complexity index is 439. The second-order valence-electron chi connectivity index (χ2n) is 4.47. The van der Waals surface area contributed by atoms with Crippen LogP contribution >= 0.6 is 0 Å². The van der Waals surface area contributed by atoms with Crippen LogP contribution in [0.5, 0.6) is 0 Å². The molecule has 1 heterocycles. The van der Waals surface area contributed by atoms with Gasteiger partial charge in [0.05, 0.1) is 6.07 Å². The van der Waals surface area contributed by atoms with E-state index in [9.17, 15) is 10.1 Å². The lowest BCUT2D eigenvalue weighted by molar-refractivity contribution is -0.123. The summed E-state index contributed by atoms with van der Waals surface area (Å²) in [6, 6.07) is 3.81. The fraction of sp³-hybridized carbons (Fsp3) is 0.615. The highest BCUT2D eigenvalue weighted by atomic mass is 16.5. The number of nitrogens with one attached hydrogen (secondary N) is 1. The van der Waals surface area contributed by atoms with Gasteiger partial charge in [-0.1, -0.05) is 31.8 Å². The number of carbonyl (C=O) groups excluding carboxylic acids is 1. The van der Waals surface area contributed by atoms with Crippen LogP contribution in [0.15, 0.2) is 10.6 Å². The van der Waals surface area contributed by atoms with Crippen molar-refractivity contribution >= 4 is 11.7 Å². The predicted octanol–water partition coefficient (Wildman–Crippen LogP) is 3.03. The molecule has 5 nitrogen and oxygen atoms in total. The lowest BCUT2D eigenvalue weighted by atomic mass is 9.80. The average Bonchev–Trinajstić information content (AvgIpc) is 2.74. The van der Waals surface area contributed by atoms with E-state index in [1.165, 1.54) is 0 Å². The molecule has 0 spiro atoms. The molecule has 1 amide bonds. The number of carbonyl (C=O) groups is 1. The quantitative estimate of drug-likeness (QED) is 0.840. The number of nitriles is 1. The molecule has 18 heavy (non-hydrogen) atoms. The van der Waals surface area contributed by atoms with Gasteiger partial charge in [0.15, 0.2) is 5.82 Å². The Balaban J connectivity index is 2.85. The van der Waals surface area contributed by atoms with E-state index in [1.54, 1.807) is 13.0 Å². The Labute approximate surface area is 107 Å². The van der Waals surface area contributed by atoms with Crippen LogP contribution in [0.1, 0.15) is 45.3 Å². The number of anilines is 1. The Morgan fingerprint density at radius 2 is 2.11 bits per heavy atom. The van der Waals surface area contributed by atoms with Crippen molar-refractivity contribution in [2.45, 2.75) is 46.5 Å². The minimum Gasteiger partial charge on any atom is -0.360 e. The Morgan fingerprint density at radius 1 is 1.50 bits per heavy atom. The van der Waals surface area contributed by atoms with Crippen molar-refractivity contribution < 1.29 is 9.32 Å². The van der Waals surface area contributed by atoms with Gasteiger partial charge >= 0.3 is 0 Å². The van der Waals surface area contributed by atoms with Crippen molar-refractivity contribution in [1.29, 1.82) is 5.26 Å². The first-order chi connectivity index (χ1) is 8.57. The molecule has 0 atom stereocenters. The highest BCUT2D eigenvalue weighted by molar-refractivity contribution is 5.96. The van der Waals surface area contributed by atoms with Gasteiger partial charge in [-0.05, 0) is 19.8 Å². The molecule has 0 aliphatic heterocycles. The highest BCUT2D eigenvalue weighted by Gasteiger charge is 2.37. The largest absolute Gasteiger partial charge is 0.360 e. The number of nitrogens with zero attached hydrogens (tertiary/aromatic N) is 2. The molecular formula is C13H19N3O2. The Hall–Kier alpha value is -1.83. The summed E-state index contributed by atoms with van der Waals surface area (Å²) in [6.07, 6.45) is 2.69. The van der Waals surface area contributed by atoms with Crippen LogP contribution in [-0.4, -0.2) is 11.1 Å². The van der Waals surface area contributed by atoms with Gasteiger partial charge < -0.3 is 9.84 Å². The first-order valence-electron chi connectivity index (χ1n) is 6.24. The molecule has 1 aromatic rings. The second-order valence-corrected chi connectivity index (χ2v) is 4.47. The number of aromatic nitrogens is 1. The van der Waals surface area contributed by atoms with Gasteiger partial charge in [-0.15, -0.1) is 0 Å². The fourth-order valence-corrected chi connectivity index (χ4v) is 2.03. The van der Waals surface area contributed by atoms with Gasteiger partial charge in [-0.25, -0.2) is 0 Å². The van der Waals surface area contributed by atoms with Gasteiger partial charge in [-0.3, -0.25) is 4.79 Å². The molecule has 1 aromatic heterocycles. The SMILES string of the molecule is CCCC(C#N)(CCC)C(=O)Nc1cc(C)on1. The third kappa shape index (κ3) is 3.10. The van der Waals surface area contributed by atoms with E-state index < -0.39 is 5.41 Å². The topological polar surface area (TPSA) is 78.9 Å². The van der Waals surface area contributed by atoms with Crippen LogP contribution < -0.4 is 5.32 Å². The van der Waals surface area contributed by atoms with Crippen LogP contribution in [0, 0.1) is 23.7 Å². The summed E-state index contributed by atoms with van der Waals surface area (Å²) in [6.45, 7) is 5.68. The molecular weight excluding hydrogens is 230 g/mol. The first-order valence-corrected chi connectivity index (χ1v) is 6.24. The van der Waals surface area contributed by atoms with Crippen molar-refractivity contribution in [3.05, 3.63) is 11.8 Å². The summed E-state index contributed by atoms with van der Waals surface area (Å²) in [5.41, 5.74) is -0.962. The van der Waals surface area contributed by atoms with E-state index in [4.69, 9.17) is 4.52 Å². The van der Waals surface area contributed by atoms with Crippen molar-refractivity contribution in [2.24, 2.45) is 5.41 Å². The summed E-state index contributed by atoms with van der Waals surface area (Å²) in [4.78, 5) is 12.2.